The van der Waals surface area contributed by atoms with Crippen molar-refractivity contribution in [1.29, 1.82) is 0 Å². The summed E-state index contributed by atoms with van der Waals surface area (Å²) in [5.74, 6) is -1.87. The molecule has 0 saturated heterocycles. The number of carbonyl (C=O) groups excluding carboxylic acids is 1. The maximum atomic E-state index is 11.2. The Labute approximate surface area is 95.0 Å². The molecule has 94 valence electrons. The number of rotatable bonds is 7. The molecule has 0 aromatic carbocycles. The lowest BCUT2D eigenvalue weighted by Gasteiger charge is -2.13. The van der Waals surface area contributed by atoms with Crippen LogP contribution in [0.15, 0.2) is 0 Å². The van der Waals surface area contributed by atoms with Gasteiger partial charge in [0.05, 0.1) is 5.75 Å². The van der Waals surface area contributed by atoms with Crippen LogP contribution in [0.1, 0.15) is 26.7 Å². The number of carboxylic acids is 1. The van der Waals surface area contributed by atoms with Crippen molar-refractivity contribution in [3.05, 3.63) is 0 Å². The summed E-state index contributed by atoms with van der Waals surface area (Å²) in [5.41, 5.74) is 0. The molecule has 16 heavy (non-hydrogen) atoms. The number of sulfone groups is 1. The first-order chi connectivity index (χ1) is 7.32. The van der Waals surface area contributed by atoms with Gasteiger partial charge in [0, 0.05) is 12.2 Å². The topological polar surface area (TPSA) is 101 Å². The molecule has 0 aliphatic heterocycles. The maximum Gasteiger partial charge on any atom is 0.326 e. The Morgan fingerprint density at radius 3 is 2.25 bits per heavy atom. The Morgan fingerprint density at radius 1 is 1.31 bits per heavy atom. The predicted molar refractivity (Wildman–Crippen MR) is 58.8 cm³/mol. The molecule has 2 N–H and O–H groups in total. The Hall–Kier alpha value is -1.11. The molecule has 0 aromatic rings. The zero-order valence-electron chi connectivity index (χ0n) is 9.39. The summed E-state index contributed by atoms with van der Waals surface area (Å²) in [4.78, 5) is 21.7. The monoisotopic (exact) mass is 251 g/mol. The van der Waals surface area contributed by atoms with Crippen LogP contribution >= 0.6 is 0 Å². The zero-order valence-corrected chi connectivity index (χ0v) is 10.2. The molecule has 0 rings (SSSR count). The summed E-state index contributed by atoms with van der Waals surface area (Å²) >= 11 is 0. The Morgan fingerprint density at radius 2 is 1.88 bits per heavy atom. The first-order valence-corrected chi connectivity index (χ1v) is 6.87. The van der Waals surface area contributed by atoms with E-state index >= 15 is 0 Å². The fourth-order valence-corrected chi connectivity index (χ4v) is 1.88. The van der Waals surface area contributed by atoms with E-state index in [9.17, 15) is 18.0 Å². The molecular weight excluding hydrogens is 234 g/mol. The number of hydrogen-bond acceptors (Lipinski definition) is 4. The third-order valence-electron chi connectivity index (χ3n) is 2.11. The highest BCUT2D eigenvalue weighted by atomic mass is 32.2. The van der Waals surface area contributed by atoms with Crippen LogP contribution < -0.4 is 5.32 Å². The van der Waals surface area contributed by atoms with Gasteiger partial charge in [-0.1, -0.05) is 13.8 Å². The van der Waals surface area contributed by atoms with Crippen LogP contribution in [0.4, 0.5) is 0 Å². The maximum absolute atomic E-state index is 11.2. The summed E-state index contributed by atoms with van der Waals surface area (Å²) < 4.78 is 22.4. The van der Waals surface area contributed by atoms with Gasteiger partial charge in [0.15, 0.2) is 0 Å². The largest absolute Gasteiger partial charge is 0.480 e. The molecule has 1 atom stereocenters. The van der Waals surface area contributed by atoms with Crippen LogP contribution in [-0.4, -0.2) is 42.9 Å². The average molecular weight is 251 g/mol. The lowest BCUT2D eigenvalue weighted by molar-refractivity contribution is -0.141. The molecule has 0 spiro atoms. The second-order valence-corrected chi connectivity index (χ2v) is 5.81. The average Bonchev–Trinajstić information content (AvgIpc) is 2.23. The molecule has 0 aliphatic rings. The van der Waals surface area contributed by atoms with E-state index in [4.69, 9.17) is 5.11 Å². The normalized spacial score (nSPS) is 13.1. The second-order valence-electron chi connectivity index (χ2n) is 3.34. The van der Waals surface area contributed by atoms with Crippen LogP contribution in [0, 0.1) is 0 Å². The van der Waals surface area contributed by atoms with E-state index in [0.717, 1.165) is 0 Å². The zero-order chi connectivity index (χ0) is 12.8. The van der Waals surface area contributed by atoms with Crippen LogP contribution in [-0.2, 0) is 19.4 Å². The molecule has 0 fully saturated rings. The van der Waals surface area contributed by atoms with Crippen molar-refractivity contribution in [2.24, 2.45) is 0 Å². The SMILES string of the molecule is CCC(=O)NC(CCS(=O)(=O)CC)C(=O)O. The molecule has 0 aliphatic carbocycles. The van der Waals surface area contributed by atoms with E-state index in [1.165, 1.54) is 6.92 Å². The van der Waals surface area contributed by atoms with E-state index in [0.29, 0.717) is 0 Å². The van der Waals surface area contributed by atoms with Crippen LogP contribution in [0.3, 0.4) is 0 Å². The van der Waals surface area contributed by atoms with E-state index in [2.05, 4.69) is 5.32 Å². The van der Waals surface area contributed by atoms with Gasteiger partial charge in [0.1, 0.15) is 15.9 Å². The summed E-state index contributed by atoms with van der Waals surface area (Å²) in [6.45, 7) is 3.09. The summed E-state index contributed by atoms with van der Waals surface area (Å²) in [7, 11) is -3.21. The molecule has 0 radical (unpaired) electrons. The van der Waals surface area contributed by atoms with Crippen molar-refractivity contribution < 1.29 is 23.1 Å². The van der Waals surface area contributed by atoms with Crippen molar-refractivity contribution >= 4 is 21.7 Å². The first-order valence-electron chi connectivity index (χ1n) is 5.05. The summed E-state index contributed by atoms with van der Waals surface area (Å²) in [5, 5.41) is 11.0. The number of carboxylic acid groups (broad SMARTS) is 1. The third kappa shape index (κ3) is 5.69. The minimum Gasteiger partial charge on any atom is -0.480 e. The van der Waals surface area contributed by atoms with Crippen LogP contribution in [0.25, 0.3) is 0 Å². The molecule has 0 bridgehead atoms. The number of amides is 1. The molecule has 1 unspecified atom stereocenters. The van der Waals surface area contributed by atoms with E-state index in [1.807, 2.05) is 0 Å². The molecule has 6 nitrogen and oxygen atoms in total. The minimum atomic E-state index is -3.21. The molecular formula is C9H17NO5S. The van der Waals surface area contributed by atoms with Crippen molar-refractivity contribution in [2.75, 3.05) is 11.5 Å². The van der Waals surface area contributed by atoms with Crippen molar-refractivity contribution in [2.45, 2.75) is 32.7 Å². The summed E-state index contributed by atoms with van der Waals surface area (Å²) in [6, 6.07) is -1.13. The highest BCUT2D eigenvalue weighted by Crippen LogP contribution is 2.00. The molecule has 0 saturated carbocycles. The van der Waals surface area contributed by atoms with Gasteiger partial charge in [-0.05, 0) is 6.42 Å². The van der Waals surface area contributed by atoms with Gasteiger partial charge in [-0.3, -0.25) is 4.79 Å². The number of aliphatic carboxylic acids is 1. The van der Waals surface area contributed by atoms with E-state index in [-0.39, 0.29) is 24.3 Å². The fourth-order valence-electron chi connectivity index (χ4n) is 0.996. The Kier molecular flexibility index (Phi) is 6.02. The Balaban J connectivity index is 4.36. The van der Waals surface area contributed by atoms with Crippen LogP contribution in [0.2, 0.25) is 0 Å². The van der Waals surface area contributed by atoms with Gasteiger partial charge < -0.3 is 10.4 Å². The molecule has 1 amide bonds. The number of nitrogens with one attached hydrogen (secondary N) is 1. The third-order valence-corrected chi connectivity index (χ3v) is 3.85. The quantitative estimate of drug-likeness (QED) is 0.652. The standard InChI is InChI=1S/C9H17NO5S/c1-3-8(11)10-7(9(12)13)5-6-16(14,15)4-2/h7H,3-6H2,1-2H3,(H,10,11)(H,12,13). The first kappa shape index (κ1) is 14.9. The lowest BCUT2D eigenvalue weighted by Crippen LogP contribution is -2.41. The van der Waals surface area contributed by atoms with E-state index in [1.54, 1.807) is 6.92 Å². The van der Waals surface area contributed by atoms with Gasteiger partial charge in [-0.25, -0.2) is 13.2 Å². The van der Waals surface area contributed by atoms with Gasteiger partial charge in [-0.15, -0.1) is 0 Å². The van der Waals surface area contributed by atoms with E-state index < -0.39 is 27.8 Å². The van der Waals surface area contributed by atoms with Crippen molar-refractivity contribution in [3.8, 4) is 0 Å². The van der Waals surface area contributed by atoms with Gasteiger partial charge in [0.25, 0.3) is 0 Å². The van der Waals surface area contributed by atoms with Crippen molar-refractivity contribution in [3.63, 3.8) is 0 Å². The number of hydrogen-bond donors (Lipinski definition) is 2. The van der Waals surface area contributed by atoms with Crippen molar-refractivity contribution in [1.82, 2.24) is 5.32 Å². The van der Waals surface area contributed by atoms with Gasteiger partial charge in [-0.2, -0.15) is 0 Å². The highest BCUT2D eigenvalue weighted by Gasteiger charge is 2.21. The lowest BCUT2D eigenvalue weighted by atomic mass is 10.2. The smallest absolute Gasteiger partial charge is 0.326 e. The number of carbonyl (C=O) groups is 2. The fraction of sp³-hybridized carbons (Fsp3) is 0.778. The second kappa shape index (κ2) is 6.47. The summed E-state index contributed by atoms with van der Waals surface area (Å²) in [6.07, 6.45) is 0.0710. The molecule has 0 heterocycles. The minimum absolute atomic E-state index is 0.0267. The highest BCUT2D eigenvalue weighted by molar-refractivity contribution is 7.91. The molecule has 0 aromatic heterocycles. The van der Waals surface area contributed by atoms with Gasteiger partial charge in [0.2, 0.25) is 5.91 Å². The van der Waals surface area contributed by atoms with Crippen LogP contribution in [0.5, 0.6) is 0 Å². The molecule has 7 heteroatoms. The Bertz CT molecular complexity index is 349. The van der Waals surface area contributed by atoms with Gasteiger partial charge >= 0.3 is 5.97 Å². The predicted octanol–water partition coefficient (Wildman–Crippen LogP) is -0.209.